The average molecular weight is 530 g/mol. The maximum atomic E-state index is 13.2. The number of anilines is 3. The Kier molecular flexibility index (Phi) is 8.91. The van der Waals surface area contributed by atoms with E-state index in [1.54, 1.807) is 23.8 Å². The van der Waals surface area contributed by atoms with E-state index in [9.17, 15) is 9.32 Å². The van der Waals surface area contributed by atoms with Crippen molar-refractivity contribution in [2.75, 3.05) is 69.8 Å². The third-order valence-corrected chi connectivity index (χ3v) is 8.86. The number of aliphatic hydroxyl groups is 1. The minimum Gasteiger partial charge on any atom is -0.394 e. The predicted octanol–water partition coefficient (Wildman–Crippen LogP) is 3.45. The van der Waals surface area contributed by atoms with Crippen molar-refractivity contribution in [3.05, 3.63) is 48.0 Å². The molecule has 0 aliphatic carbocycles. The van der Waals surface area contributed by atoms with Crippen LogP contribution in [-0.4, -0.2) is 94.3 Å². The lowest BCUT2D eigenvalue weighted by Crippen LogP contribution is -2.45. The molecule has 1 saturated heterocycles. The molecule has 0 radical (unpaired) electrons. The van der Waals surface area contributed by atoms with Crippen LogP contribution in [0.3, 0.4) is 0 Å². The van der Waals surface area contributed by atoms with E-state index in [1.165, 1.54) is 0 Å². The minimum absolute atomic E-state index is 0.00513. The molecule has 3 aromatic rings. The van der Waals surface area contributed by atoms with E-state index in [4.69, 9.17) is 0 Å². The van der Waals surface area contributed by atoms with E-state index in [2.05, 4.69) is 41.8 Å². The molecule has 11 heteroatoms. The molecule has 3 heterocycles. The topological polar surface area (TPSA) is 106 Å². The highest BCUT2D eigenvalue weighted by Gasteiger charge is 2.15. The second-order valence-electron chi connectivity index (χ2n) is 9.11. The molecule has 1 fully saturated rings. The van der Waals surface area contributed by atoms with Gasteiger partial charge in [0.25, 0.3) is 0 Å². The molecule has 1 aliphatic rings. The van der Waals surface area contributed by atoms with Gasteiger partial charge in [-0.05, 0) is 49.7 Å². The lowest BCUT2D eigenvalue weighted by Gasteiger charge is -2.31. The molecule has 4 rings (SSSR count). The van der Waals surface area contributed by atoms with Gasteiger partial charge in [0.2, 0.25) is 5.95 Å². The van der Waals surface area contributed by atoms with Crippen LogP contribution in [0.5, 0.6) is 0 Å². The summed E-state index contributed by atoms with van der Waals surface area (Å²) in [5, 5.41) is 18.0. The van der Waals surface area contributed by atoms with E-state index < -0.39 is 9.73 Å². The highest BCUT2D eigenvalue weighted by molar-refractivity contribution is 7.93. The van der Waals surface area contributed by atoms with E-state index in [0.29, 0.717) is 23.2 Å². The highest BCUT2D eigenvalue weighted by Crippen LogP contribution is 2.31. The molecule has 0 bridgehead atoms. The van der Waals surface area contributed by atoms with Crippen LogP contribution < -0.4 is 10.6 Å². The van der Waals surface area contributed by atoms with Gasteiger partial charge in [-0.15, -0.1) is 11.3 Å². The van der Waals surface area contributed by atoms with E-state index in [-0.39, 0.29) is 12.6 Å². The zero-order chi connectivity index (χ0) is 25.5. The van der Waals surface area contributed by atoms with Crippen LogP contribution in [0.1, 0.15) is 6.92 Å². The van der Waals surface area contributed by atoms with Crippen molar-refractivity contribution in [1.29, 1.82) is 0 Å². The molecule has 0 amide bonds. The van der Waals surface area contributed by atoms with Crippen LogP contribution in [0.15, 0.2) is 57.2 Å². The van der Waals surface area contributed by atoms with Crippen molar-refractivity contribution in [3.63, 3.8) is 0 Å². The number of hydrogen-bond acceptors (Lipinski definition) is 10. The first-order valence-corrected chi connectivity index (χ1v) is 14.9. The Labute approximate surface area is 217 Å². The Hall–Kier alpha value is -2.57. The molecule has 194 valence electrons. The molecule has 2 aromatic heterocycles. The fourth-order valence-electron chi connectivity index (χ4n) is 3.87. The van der Waals surface area contributed by atoms with Gasteiger partial charge < -0.3 is 20.6 Å². The third kappa shape index (κ3) is 7.01. The van der Waals surface area contributed by atoms with Gasteiger partial charge in [-0.2, -0.15) is 4.98 Å². The zero-order valence-electron chi connectivity index (χ0n) is 21.1. The fourth-order valence-corrected chi connectivity index (χ4v) is 5.82. The normalized spacial score (nSPS) is 17.3. The van der Waals surface area contributed by atoms with Gasteiger partial charge >= 0.3 is 0 Å². The lowest BCUT2D eigenvalue weighted by molar-refractivity contribution is 0.158. The van der Waals surface area contributed by atoms with Gasteiger partial charge in [0.05, 0.1) is 28.4 Å². The number of aromatic nitrogens is 2. The number of hydrogen-bond donors (Lipinski definition) is 3. The van der Waals surface area contributed by atoms with Crippen molar-refractivity contribution >= 4 is 38.5 Å². The first kappa shape index (κ1) is 26.5. The van der Waals surface area contributed by atoms with Crippen LogP contribution in [0.4, 0.5) is 17.5 Å². The van der Waals surface area contributed by atoms with Crippen molar-refractivity contribution in [2.24, 2.45) is 4.36 Å². The predicted molar refractivity (Wildman–Crippen MR) is 149 cm³/mol. The van der Waals surface area contributed by atoms with Gasteiger partial charge in [0.15, 0.2) is 0 Å². The number of nitrogens with one attached hydrogen (secondary N) is 2. The highest BCUT2D eigenvalue weighted by atomic mass is 32.2. The van der Waals surface area contributed by atoms with Crippen LogP contribution in [0.2, 0.25) is 0 Å². The Morgan fingerprint density at radius 2 is 1.94 bits per heavy atom. The second-order valence-corrected chi connectivity index (χ2v) is 12.4. The Bertz CT molecular complexity index is 1230. The minimum atomic E-state index is -2.47. The van der Waals surface area contributed by atoms with Gasteiger partial charge in [0, 0.05) is 66.7 Å². The first-order chi connectivity index (χ1) is 17.3. The molecular formula is C25H35N7O2S2. The molecule has 1 aliphatic heterocycles. The second kappa shape index (κ2) is 12.1. The van der Waals surface area contributed by atoms with Crippen molar-refractivity contribution < 1.29 is 9.32 Å². The maximum Gasteiger partial charge on any atom is 0.229 e. The van der Waals surface area contributed by atoms with E-state index in [0.717, 1.165) is 48.9 Å². The summed E-state index contributed by atoms with van der Waals surface area (Å²) in [4.78, 5) is 15.6. The third-order valence-electron chi connectivity index (χ3n) is 6.13. The van der Waals surface area contributed by atoms with Gasteiger partial charge in [-0.3, -0.25) is 4.90 Å². The van der Waals surface area contributed by atoms with E-state index in [1.807, 2.05) is 48.7 Å². The smallest absolute Gasteiger partial charge is 0.229 e. The summed E-state index contributed by atoms with van der Waals surface area (Å²) in [6.45, 7) is 7.48. The number of benzene rings is 1. The number of aliphatic hydroxyl groups excluding tert-OH is 1. The summed E-state index contributed by atoms with van der Waals surface area (Å²) >= 11 is 1.61. The monoisotopic (exact) mass is 529 g/mol. The van der Waals surface area contributed by atoms with Gasteiger partial charge in [-0.1, -0.05) is 6.07 Å². The van der Waals surface area contributed by atoms with Crippen molar-refractivity contribution in [2.45, 2.75) is 17.9 Å². The number of nitrogens with zero attached hydrogens (tertiary/aromatic N) is 5. The molecule has 3 N–H and O–H groups in total. The number of thiophene rings is 1. The summed E-state index contributed by atoms with van der Waals surface area (Å²) in [7, 11) is -0.331. The first-order valence-electron chi connectivity index (χ1n) is 12.1. The number of rotatable bonds is 10. The summed E-state index contributed by atoms with van der Waals surface area (Å²) < 4.78 is 17.7. The average Bonchev–Trinajstić information content (AvgIpc) is 3.40. The molecule has 1 aromatic carbocycles. The summed E-state index contributed by atoms with van der Waals surface area (Å²) in [5.74, 6) is 1.09. The van der Waals surface area contributed by atoms with Gasteiger partial charge in [0.1, 0.15) is 5.82 Å². The molecule has 2 atom stereocenters. The van der Waals surface area contributed by atoms with Crippen molar-refractivity contribution in [3.8, 4) is 10.4 Å². The van der Waals surface area contributed by atoms with Crippen molar-refractivity contribution in [1.82, 2.24) is 19.8 Å². The Morgan fingerprint density at radius 1 is 1.19 bits per heavy atom. The van der Waals surface area contributed by atoms with E-state index >= 15 is 0 Å². The maximum absolute atomic E-state index is 13.2. The quantitative estimate of drug-likeness (QED) is 0.367. The number of likely N-dealkylation sites (N-methyl/N-ethyl adjacent to an activating group) is 1. The van der Waals surface area contributed by atoms with Crippen LogP contribution in [0, 0.1) is 0 Å². The number of piperazine rings is 1. The standard InChI is InChI=1S/C25H35N7O2S2/c1-19(18-33)28-24-22(23-5-4-16-35-23)17-26-25(30-24)29-20-6-8-21(9-7-20)36(3,34)27-10-11-32-14-12-31(2)13-15-32/h4-9,16-17,19,33H,10-15,18H2,1-3H3,(H2,26,28,29,30)/t19-,36?/m1/s1. The molecule has 0 saturated carbocycles. The lowest BCUT2D eigenvalue weighted by atomic mass is 10.2. The molecular weight excluding hydrogens is 494 g/mol. The summed E-state index contributed by atoms with van der Waals surface area (Å²) in [6, 6.07) is 11.3. The SMILES string of the molecule is C[C@H](CO)Nc1nc(Nc2ccc(S(C)(=O)=NCCN3CCN(C)CC3)cc2)ncc1-c1cccs1. The summed E-state index contributed by atoms with van der Waals surface area (Å²) in [6.07, 6.45) is 3.48. The fraction of sp³-hybridized carbons (Fsp3) is 0.440. The Morgan fingerprint density at radius 3 is 2.61 bits per heavy atom. The molecule has 9 nitrogen and oxygen atoms in total. The molecule has 1 unspecified atom stereocenters. The largest absolute Gasteiger partial charge is 0.394 e. The summed E-state index contributed by atoms with van der Waals surface area (Å²) in [5.41, 5.74) is 1.67. The van der Waals surface area contributed by atoms with Gasteiger partial charge in [-0.25, -0.2) is 13.6 Å². The van der Waals surface area contributed by atoms with Crippen LogP contribution >= 0.6 is 11.3 Å². The molecule has 36 heavy (non-hydrogen) atoms. The zero-order valence-corrected chi connectivity index (χ0v) is 22.7. The Balaban J connectivity index is 1.43. The van der Waals surface area contributed by atoms with Crippen LogP contribution in [0.25, 0.3) is 10.4 Å². The van der Waals surface area contributed by atoms with Crippen LogP contribution in [-0.2, 0) is 9.73 Å². The molecule has 0 spiro atoms.